The molecule has 0 aliphatic heterocycles. The van der Waals surface area contributed by atoms with E-state index in [2.05, 4.69) is 6.07 Å². The van der Waals surface area contributed by atoms with E-state index in [4.69, 9.17) is 9.15 Å². The topological polar surface area (TPSA) is 46.2 Å². The number of aryl methyl sites for hydroxylation is 1. The van der Waals surface area contributed by atoms with Crippen molar-refractivity contribution in [3.63, 3.8) is 0 Å². The summed E-state index contributed by atoms with van der Waals surface area (Å²) in [5, 5.41) is 9.45. The molecule has 0 radical (unpaired) electrons. The van der Waals surface area contributed by atoms with Crippen molar-refractivity contribution in [1.82, 2.24) is 0 Å². The van der Waals surface area contributed by atoms with E-state index in [1.54, 1.807) is 13.4 Å². The van der Waals surface area contributed by atoms with Gasteiger partial charge in [0, 0.05) is 6.42 Å². The van der Waals surface area contributed by atoms with Crippen molar-refractivity contribution in [2.24, 2.45) is 5.41 Å². The first kappa shape index (κ1) is 12.5. The normalized spacial score (nSPS) is 22.3. The molecule has 1 unspecified atom stereocenters. The number of ether oxygens (including phenoxy) is 1. The Morgan fingerprint density at radius 3 is 3.11 bits per heavy atom. The van der Waals surface area contributed by atoms with Crippen molar-refractivity contribution in [3.8, 4) is 6.07 Å². The van der Waals surface area contributed by atoms with Gasteiger partial charge in [0.2, 0.25) is 0 Å². The second-order valence-corrected chi connectivity index (χ2v) is 4.43. The average Bonchev–Trinajstić information content (AvgIpc) is 2.92. The van der Waals surface area contributed by atoms with Gasteiger partial charge in [0.05, 0.1) is 19.4 Å². The van der Waals surface area contributed by atoms with Gasteiger partial charge in [-0.15, -0.1) is 0 Å². The van der Waals surface area contributed by atoms with Crippen LogP contribution < -0.4 is 0 Å². The van der Waals surface area contributed by atoms with Gasteiger partial charge < -0.3 is 9.15 Å². The van der Waals surface area contributed by atoms with Crippen LogP contribution in [0.4, 0.5) is 0 Å². The van der Waals surface area contributed by atoms with Crippen molar-refractivity contribution in [2.45, 2.75) is 25.7 Å². The van der Waals surface area contributed by atoms with Crippen molar-refractivity contribution < 1.29 is 9.15 Å². The Morgan fingerprint density at radius 1 is 1.56 bits per heavy atom. The van der Waals surface area contributed by atoms with Crippen LogP contribution in [-0.2, 0) is 11.2 Å². The zero-order chi connectivity index (χ0) is 12.8. The molecule has 1 aliphatic rings. The van der Waals surface area contributed by atoms with Crippen LogP contribution in [0.15, 0.2) is 46.8 Å². The summed E-state index contributed by atoms with van der Waals surface area (Å²) >= 11 is 0. The molecule has 1 aromatic rings. The van der Waals surface area contributed by atoms with Crippen LogP contribution in [-0.4, -0.2) is 7.11 Å². The van der Waals surface area contributed by atoms with Gasteiger partial charge in [-0.1, -0.05) is 12.2 Å². The molecule has 1 heterocycles. The van der Waals surface area contributed by atoms with E-state index in [9.17, 15) is 5.26 Å². The fourth-order valence-corrected chi connectivity index (χ4v) is 2.33. The fourth-order valence-electron chi connectivity index (χ4n) is 2.33. The van der Waals surface area contributed by atoms with Crippen LogP contribution in [0.3, 0.4) is 0 Å². The minimum Gasteiger partial charge on any atom is -0.499 e. The average molecular weight is 243 g/mol. The maximum absolute atomic E-state index is 9.45. The lowest BCUT2D eigenvalue weighted by Gasteiger charge is -2.27. The number of allylic oxidation sites excluding steroid dienone is 3. The third-order valence-electron chi connectivity index (χ3n) is 3.28. The second kappa shape index (κ2) is 5.59. The van der Waals surface area contributed by atoms with Crippen molar-refractivity contribution >= 4 is 0 Å². The van der Waals surface area contributed by atoms with Gasteiger partial charge in [0.1, 0.15) is 16.9 Å². The summed E-state index contributed by atoms with van der Waals surface area (Å²) in [7, 11) is 1.63. The molecular weight excluding hydrogens is 226 g/mol. The fraction of sp³-hybridized carbons (Fsp3) is 0.400. The maximum atomic E-state index is 9.45. The van der Waals surface area contributed by atoms with E-state index in [1.165, 1.54) is 0 Å². The number of hydrogen-bond donors (Lipinski definition) is 0. The smallest absolute Gasteiger partial charge is 0.132 e. The first-order chi connectivity index (χ1) is 8.80. The lowest BCUT2D eigenvalue weighted by Crippen LogP contribution is -2.22. The number of nitriles is 1. The van der Waals surface area contributed by atoms with Gasteiger partial charge in [-0.05, 0) is 37.5 Å². The molecule has 0 N–H and O–H groups in total. The van der Waals surface area contributed by atoms with Gasteiger partial charge in [-0.2, -0.15) is 5.26 Å². The molecular formula is C15H17NO2. The molecule has 1 atom stereocenters. The highest BCUT2D eigenvalue weighted by molar-refractivity contribution is 5.31. The van der Waals surface area contributed by atoms with E-state index >= 15 is 0 Å². The van der Waals surface area contributed by atoms with E-state index in [0.29, 0.717) is 0 Å². The standard InChI is InChI=1S/C15H17NO2/c1-17-14-8-2-3-9-15(14,12-16)10-4-6-13-7-5-11-18-13/h3,5,7-9,11H,2,4,6,10H2,1H3. The van der Waals surface area contributed by atoms with Crippen LogP contribution >= 0.6 is 0 Å². The van der Waals surface area contributed by atoms with E-state index in [-0.39, 0.29) is 0 Å². The Kier molecular flexibility index (Phi) is 3.88. The molecule has 2 rings (SSSR count). The minimum atomic E-state index is -0.598. The Balaban J connectivity index is 2.00. The zero-order valence-electron chi connectivity index (χ0n) is 10.6. The molecule has 0 saturated carbocycles. The summed E-state index contributed by atoms with van der Waals surface area (Å²) in [5.74, 6) is 1.73. The molecule has 0 aromatic carbocycles. The predicted octanol–water partition coefficient (Wildman–Crippen LogP) is 3.60. The van der Waals surface area contributed by atoms with Gasteiger partial charge in [-0.3, -0.25) is 0 Å². The van der Waals surface area contributed by atoms with Crippen LogP contribution in [0, 0.1) is 16.7 Å². The molecule has 0 fully saturated rings. The summed E-state index contributed by atoms with van der Waals surface area (Å²) in [4.78, 5) is 0. The van der Waals surface area contributed by atoms with E-state index in [0.717, 1.165) is 37.2 Å². The van der Waals surface area contributed by atoms with Gasteiger partial charge >= 0.3 is 0 Å². The Hall–Kier alpha value is -1.95. The highest BCUT2D eigenvalue weighted by Gasteiger charge is 2.34. The van der Waals surface area contributed by atoms with Gasteiger partial charge in [0.15, 0.2) is 0 Å². The first-order valence-corrected chi connectivity index (χ1v) is 6.17. The summed E-state index contributed by atoms with van der Waals surface area (Å²) < 4.78 is 10.6. The monoisotopic (exact) mass is 243 g/mol. The molecule has 1 aliphatic carbocycles. The first-order valence-electron chi connectivity index (χ1n) is 6.17. The van der Waals surface area contributed by atoms with Crippen LogP contribution in [0.2, 0.25) is 0 Å². The third kappa shape index (κ3) is 2.48. The summed E-state index contributed by atoms with van der Waals surface area (Å²) in [5.41, 5.74) is -0.598. The summed E-state index contributed by atoms with van der Waals surface area (Å²) in [6, 6.07) is 6.23. The van der Waals surface area contributed by atoms with Crippen LogP contribution in [0.1, 0.15) is 25.0 Å². The predicted molar refractivity (Wildman–Crippen MR) is 68.5 cm³/mol. The van der Waals surface area contributed by atoms with Gasteiger partial charge in [0.25, 0.3) is 0 Å². The Labute approximate surface area is 107 Å². The molecule has 1 aromatic heterocycles. The third-order valence-corrected chi connectivity index (χ3v) is 3.28. The SMILES string of the molecule is COC1=CCC=CC1(C#N)CCCc1ccco1. The van der Waals surface area contributed by atoms with Crippen LogP contribution in [0.25, 0.3) is 0 Å². The number of nitrogens with zero attached hydrogens (tertiary/aromatic N) is 1. The summed E-state index contributed by atoms with van der Waals surface area (Å²) in [6.07, 6.45) is 11.0. The molecule has 3 heteroatoms. The quantitative estimate of drug-likeness (QED) is 0.742. The number of hydrogen-bond acceptors (Lipinski definition) is 3. The van der Waals surface area contributed by atoms with E-state index < -0.39 is 5.41 Å². The largest absolute Gasteiger partial charge is 0.499 e. The number of furan rings is 1. The van der Waals surface area contributed by atoms with E-state index in [1.807, 2.05) is 30.4 Å². The Bertz CT molecular complexity index is 479. The minimum absolute atomic E-state index is 0.598. The second-order valence-electron chi connectivity index (χ2n) is 4.43. The lowest BCUT2D eigenvalue weighted by molar-refractivity contribution is 0.219. The zero-order valence-corrected chi connectivity index (χ0v) is 10.6. The molecule has 18 heavy (non-hydrogen) atoms. The van der Waals surface area contributed by atoms with Crippen molar-refractivity contribution in [2.75, 3.05) is 7.11 Å². The van der Waals surface area contributed by atoms with Crippen LogP contribution in [0.5, 0.6) is 0 Å². The highest BCUT2D eigenvalue weighted by atomic mass is 16.5. The van der Waals surface area contributed by atoms with Crippen molar-refractivity contribution in [1.29, 1.82) is 5.26 Å². The molecule has 0 spiro atoms. The van der Waals surface area contributed by atoms with Gasteiger partial charge in [-0.25, -0.2) is 0 Å². The molecule has 3 nitrogen and oxygen atoms in total. The molecule has 0 saturated heterocycles. The molecule has 94 valence electrons. The summed E-state index contributed by atoms with van der Waals surface area (Å²) in [6.45, 7) is 0. The van der Waals surface area contributed by atoms with Crippen molar-refractivity contribution in [3.05, 3.63) is 48.1 Å². The lowest BCUT2D eigenvalue weighted by atomic mass is 9.79. The molecule has 0 amide bonds. The number of methoxy groups -OCH3 is 1. The number of rotatable bonds is 5. The molecule has 0 bridgehead atoms. The Morgan fingerprint density at radius 2 is 2.44 bits per heavy atom. The maximum Gasteiger partial charge on any atom is 0.132 e. The highest BCUT2D eigenvalue weighted by Crippen LogP contribution is 2.37.